The van der Waals surface area contributed by atoms with Crippen LogP contribution in [0.15, 0.2) is 162 Å². The van der Waals surface area contributed by atoms with Gasteiger partial charge in [0.2, 0.25) is 0 Å². The first-order valence-corrected chi connectivity index (χ1v) is 14.1. The molecular weight excluding hydrogens is 512 g/mol. The predicted molar refractivity (Wildman–Crippen MR) is 175 cm³/mol. The van der Waals surface area contributed by atoms with Crippen molar-refractivity contribution in [3.8, 4) is 22.3 Å². The molecule has 0 unspecified atom stereocenters. The van der Waals surface area contributed by atoms with Crippen molar-refractivity contribution in [1.29, 1.82) is 0 Å². The molecule has 0 aliphatic carbocycles. The standard InChI is InChI=1S/C39H26N2O/c1-3-8-27(9-4-1)29-13-17-31(18-14-29)41(32-19-15-30(16-20-32)28-10-5-2-6-11-28)33-21-24-38-36(26-33)34-22-23-37-35(39(34)42-38)12-7-25-40-37/h1-26H. The lowest BCUT2D eigenvalue weighted by atomic mass is 10.0. The van der Waals surface area contributed by atoms with Crippen LogP contribution >= 0.6 is 0 Å². The van der Waals surface area contributed by atoms with E-state index >= 15 is 0 Å². The van der Waals surface area contributed by atoms with Gasteiger partial charge in [0, 0.05) is 39.4 Å². The highest BCUT2D eigenvalue weighted by molar-refractivity contribution is 6.15. The van der Waals surface area contributed by atoms with E-state index in [0.717, 1.165) is 49.9 Å². The third kappa shape index (κ3) is 4.20. The second-order valence-electron chi connectivity index (χ2n) is 10.5. The van der Waals surface area contributed by atoms with Crippen LogP contribution in [0.4, 0.5) is 17.1 Å². The van der Waals surface area contributed by atoms with Crippen molar-refractivity contribution in [1.82, 2.24) is 4.98 Å². The maximum Gasteiger partial charge on any atom is 0.144 e. The second kappa shape index (κ2) is 10.1. The number of aromatic nitrogens is 1. The smallest absolute Gasteiger partial charge is 0.144 e. The van der Waals surface area contributed by atoms with Crippen LogP contribution < -0.4 is 4.90 Å². The van der Waals surface area contributed by atoms with Crippen molar-refractivity contribution < 1.29 is 4.42 Å². The maximum atomic E-state index is 6.38. The number of fused-ring (bicyclic) bond motifs is 5. The number of rotatable bonds is 5. The molecule has 0 saturated heterocycles. The average molecular weight is 539 g/mol. The number of nitrogens with zero attached hydrogens (tertiary/aromatic N) is 2. The molecule has 0 spiro atoms. The van der Waals surface area contributed by atoms with E-state index in [-0.39, 0.29) is 0 Å². The lowest BCUT2D eigenvalue weighted by Crippen LogP contribution is -2.09. The molecule has 0 N–H and O–H groups in total. The summed E-state index contributed by atoms with van der Waals surface area (Å²) < 4.78 is 6.38. The number of hydrogen-bond donors (Lipinski definition) is 0. The highest BCUT2D eigenvalue weighted by Gasteiger charge is 2.17. The second-order valence-corrected chi connectivity index (χ2v) is 10.5. The molecule has 6 aromatic carbocycles. The normalized spacial score (nSPS) is 11.3. The fourth-order valence-electron chi connectivity index (χ4n) is 5.83. The fraction of sp³-hybridized carbons (Fsp3) is 0. The first-order chi connectivity index (χ1) is 20.8. The van der Waals surface area contributed by atoms with E-state index in [1.807, 2.05) is 24.4 Å². The molecule has 8 aromatic rings. The predicted octanol–water partition coefficient (Wildman–Crippen LogP) is 10.9. The Balaban J connectivity index is 1.27. The molecule has 198 valence electrons. The molecule has 0 saturated carbocycles. The maximum absolute atomic E-state index is 6.38. The zero-order valence-corrected chi connectivity index (χ0v) is 22.8. The number of benzene rings is 6. The van der Waals surface area contributed by atoms with E-state index in [9.17, 15) is 0 Å². The molecule has 8 rings (SSSR count). The summed E-state index contributed by atoms with van der Waals surface area (Å²) in [5.41, 5.74) is 10.7. The van der Waals surface area contributed by atoms with Crippen LogP contribution in [0.2, 0.25) is 0 Å². The molecule has 3 nitrogen and oxygen atoms in total. The summed E-state index contributed by atoms with van der Waals surface area (Å²) in [6.45, 7) is 0. The van der Waals surface area contributed by atoms with Gasteiger partial charge in [-0.1, -0.05) is 84.9 Å². The molecule has 0 fully saturated rings. The van der Waals surface area contributed by atoms with Crippen molar-refractivity contribution in [3.63, 3.8) is 0 Å². The van der Waals surface area contributed by atoms with Gasteiger partial charge in [-0.3, -0.25) is 4.98 Å². The minimum atomic E-state index is 0.865. The summed E-state index contributed by atoms with van der Waals surface area (Å²) in [5.74, 6) is 0. The van der Waals surface area contributed by atoms with Crippen LogP contribution in [0, 0.1) is 0 Å². The molecule has 0 aliphatic rings. The molecule has 0 radical (unpaired) electrons. The number of anilines is 3. The Morgan fingerprint density at radius 2 is 1.00 bits per heavy atom. The summed E-state index contributed by atoms with van der Waals surface area (Å²) in [5, 5.41) is 3.20. The molecule has 0 amide bonds. The summed E-state index contributed by atoms with van der Waals surface area (Å²) in [6.07, 6.45) is 1.82. The molecule has 0 atom stereocenters. The fourth-order valence-corrected chi connectivity index (χ4v) is 5.83. The van der Waals surface area contributed by atoms with Crippen molar-refractivity contribution in [2.45, 2.75) is 0 Å². The van der Waals surface area contributed by atoms with Crippen LogP contribution in [0.5, 0.6) is 0 Å². The summed E-state index contributed by atoms with van der Waals surface area (Å²) >= 11 is 0. The van der Waals surface area contributed by atoms with Crippen molar-refractivity contribution >= 4 is 49.9 Å². The van der Waals surface area contributed by atoms with Gasteiger partial charge in [0.15, 0.2) is 0 Å². The minimum absolute atomic E-state index is 0.865. The first kappa shape index (κ1) is 24.2. The van der Waals surface area contributed by atoms with Crippen molar-refractivity contribution in [2.24, 2.45) is 0 Å². The van der Waals surface area contributed by atoms with Gasteiger partial charge in [0.05, 0.1) is 5.52 Å². The third-order valence-corrected chi connectivity index (χ3v) is 7.92. The molecule has 2 aromatic heterocycles. The summed E-state index contributed by atoms with van der Waals surface area (Å²) in [6, 6.07) is 53.2. The number of hydrogen-bond acceptors (Lipinski definition) is 3. The lowest BCUT2D eigenvalue weighted by molar-refractivity contribution is 0.672. The van der Waals surface area contributed by atoms with Crippen LogP contribution in [0.3, 0.4) is 0 Å². The Kier molecular flexibility index (Phi) is 5.79. The quantitative estimate of drug-likeness (QED) is 0.218. The number of pyridine rings is 1. The van der Waals surface area contributed by atoms with Gasteiger partial charge in [-0.2, -0.15) is 0 Å². The Labute approximate surface area is 243 Å². The van der Waals surface area contributed by atoms with Crippen LogP contribution in [-0.4, -0.2) is 4.98 Å². The zero-order chi connectivity index (χ0) is 27.9. The summed E-state index contributed by atoms with van der Waals surface area (Å²) in [7, 11) is 0. The molecular formula is C39H26N2O. The highest BCUT2D eigenvalue weighted by atomic mass is 16.3. The molecule has 0 aliphatic heterocycles. The van der Waals surface area contributed by atoms with E-state index in [1.54, 1.807) is 0 Å². The average Bonchev–Trinajstić information content (AvgIpc) is 3.45. The molecule has 0 bridgehead atoms. The lowest BCUT2D eigenvalue weighted by Gasteiger charge is -2.26. The zero-order valence-electron chi connectivity index (χ0n) is 22.8. The van der Waals surface area contributed by atoms with Gasteiger partial charge in [0.1, 0.15) is 11.2 Å². The molecule has 42 heavy (non-hydrogen) atoms. The van der Waals surface area contributed by atoms with Crippen LogP contribution in [0.1, 0.15) is 0 Å². The van der Waals surface area contributed by atoms with Gasteiger partial charge in [-0.05, 0) is 89.0 Å². The van der Waals surface area contributed by atoms with Gasteiger partial charge in [-0.15, -0.1) is 0 Å². The largest absolute Gasteiger partial charge is 0.455 e. The Bertz CT molecular complexity index is 2080. The van der Waals surface area contributed by atoms with Gasteiger partial charge in [-0.25, -0.2) is 0 Å². The van der Waals surface area contributed by atoms with E-state index in [1.165, 1.54) is 22.3 Å². The minimum Gasteiger partial charge on any atom is -0.455 e. The first-order valence-electron chi connectivity index (χ1n) is 14.1. The van der Waals surface area contributed by atoms with Gasteiger partial charge < -0.3 is 9.32 Å². The van der Waals surface area contributed by atoms with Crippen molar-refractivity contribution in [3.05, 3.63) is 158 Å². The topological polar surface area (TPSA) is 29.3 Å². The van der Waals surface area contributed by atoms with Crippen LogP contribution in [-0.2, 0) is 0 Å². The summed E-state index contributed by atoms with van der Waals surface area (Å²) in [4.78, 5) is 6.83. The third-order valence-electron chi connectivity index (χ3n) is 7.92. The van der Waals surface area contributed by atoms with Crippen molar-refractivity contribution in [2.75, 3.05) is 4.90 Å². The van der Waals surface area contributed by atoms with Crippen LogP contribution in [0.25, 0.3) is 55.1 Å². The van der Waals surface area contributed by atoms with Gasteiger partial charge in [0.25, 0.3) is 0 Å². The monoisotopic (exact) mass is 538 g/mol. The van der Waals surface area contributed by atoms with E-state index < -0.39 is 0 Å². The highest BCUT2D eigenvalue weighted by Crippen LogP contribution is 2.40. The van der Waals surface area contributed by atoms with E-state index in [0.29, 0.717) is 0 Å². The van der Waals surface area contributed by atoms with E-state index in [2.05, 4.69) is 143 Å². The Morgan fingerprint density at radius 1 is 0.429 bits per heavy atom. The number of furan rings is 1. The molecule has 2 heterocycles. The van der Waals surface area contributed by atoms with E-state index in [4.69, 9.17) is 4.42 Å². The molecule has 3 heteroatoms. The Morgan fingerprint density at radius 3 is 1.62 bits per heavy atom. The Hall–Kier alpha value is -5.67. The van der Waals surface area contributed by atoms with Gasteiger partial charge >= 0.3 is 0 Å². The SMILES string of the molecule is c1ccc(-c2ccc(N(c3ccc(-c4ccccc4)cc3)c3ccc4oc5c6cccnc6ccc5c4c3)cc2)cc1.